The van der Waals surface area contributed by atoms with Crippen molar-refractivity contribution in [1.82, 2.24) is 19.9 Å². The summed E-state index contributed by atoms with van der Waals surface area (Å²) in [5.74, 6) is -1.69. The molecule has 1 aromatic carbocycles. The topological polar surface area (TPSA) is 83.9 Å². The third-order valence-corrected chi connectivity index (χ3v) is 5.20. The van der Waals surface area contributed by atoms with E-state index >= 15 is 0 Å². The highest BCUT2D eigenvalue weighted by Crippen LogP contribution is 2.30. The number of amides is 1. The SMILES string of the molecule is CC1=C(c2cnc(NC(=O)c3ccc(F)cc3F)cn2)CN(c2nccnc2Cl)CC1. The predicted molar refractivity (Wildman–Crippen MR) is 113 cm³/mol. The average Bonchev–Trinajstić information content (AvgIpc) is 2.75. The number of carbonyl (C=O) groups excluding carboxylic acids is 1. The summed E-state index contributed by atoms with van der Waals surface area (Å²) in [5.41, 5.74) is 2.50. The lowest BCUT2D eigenvalue weighted by atomic mass is 9.99. The Morgan fingerprint density at radius 3 is 2.65 bits per heavy atom. The number of halogens is 3. The number of carbonyl (C=O) groups is 1. The first kappa shape index (κ1) is 20.8. The van der Waals surface area contributed by atoms with Gasteiger partial charge >= 0.3 is 0 Å². The van der Waals surface area contributed by atoms with Crippen molar-refractivity contribution in [2.24, 2.45) is 0 Å². The van der Waals surface area contributed by atoms with Crippen molar-refractivity contribution in [2.45, 2.75) is 13.3 Å². The molecule has 0 fully saturated rings. The maximum absolute atomic E-state index is 13.8. The second-order valence-electron chi connectivity index (χ2n) is 6.97. The summed E-state index contributed by atoms with van der Waals surface area (Å²) in [4.78, 5) is 31.3. The van der Waals surface area contributed by atoms with E-state index in [9.17, 15) is 13.6 Å². The molecule has 0 spiro atoms. The van der Waals surface area contributed by atoms with Crippen LogP contribution in [0.4, 0.5) is 20.4 Å². The van der Waals surface area contributed by atoms with Crippen molar-refractivity contribution in [3.63, 3.8) is 0 Å². The van der Waals surface area contributed by atoms with E-state index in [2.05, 4.69) is 25.3 Å². The molecule has 0 saturated carbocycles. The summed E-state index contributed by atoms with van der Waals surface area (Å²) >= 11 is 6.18. The minimum atomic E-state index is -0.951. The van der Waals surface area contributed by atoms with Crippen LogP contribution in [0.2, 0.25) is 5.15 Å². The van der Waals surface area contributed by atoms with Gasteiger partial charge in [0.1, 0.15) is 11.6 Å². The minimum Gasteiger partial charge on any atom is -0.349 e. The summed E-state index contributed by atoms with van der Waals surface area (Å²) in [6.07, 6.45) is 6.86. The van der Waals surface area contributed by atoms with E-state index in [-0.39, 0.29) is 11.4 Å². The van der Waals surface area contributed by atoms with Crippen LogP contribution < -0.4 is 10.2 Å². The Morgan fingerprint density at radius 2 is 1.94 bits per heavy atom. The third kappa shape index (κ3) is 4.51. The standard InChI is InChI=1S/C21H17ClF2N6O/c1-12-4-7-30(20-19(22)25-5-6-26-20)11-15(12)17-9-28-18(10-27-17)29-21(31)14-3-2-13(23)8-16(14)24/h2-3,5-6,8-10H,4,7,11H2,1H3,(H,28,29,31). The van der Waals surface area contributed by atoms with Gasteiger partial charge in [0.15, 0.2) is 16.8 Å². The first-order valence-electron chi connectivity index (χ1n) is 9.41. The van der Waals surface area contributed by atoms with Crippen molar-refractivity contribution in [1.29, 1.82) is 0 Å². The number of nitrogens with one attached hydrogen (secondary N) is 1. The highest BCUT2D eigenvalue weighted by atomic mass is 35.5. The van der Waals surface area contributed by atoms with Crippen LogP contribution in [0, 0.1) is 11.6 Å². The fourth-order valence-electron chi connectivity index (χ4n) is 3.27. The zero-order chi connectivity index (χ0) is 22.0. The van der Waals surface area contributed by atoms with Crippen molar-refractivity contribution >= 4 is 34.7 Å². The van der Waals surface area contributed by atoms with Gasteiger partial charge in [-0.25, -0.2) is 23.7 Å². The molecule has 4 rings (SSSR count). The summed E-state index contributed by atoms with van der Waals surface area (Å²) in [6, 6.07) is 2.74. The quantitative estimate of drug-likeness (QED) is 0.654. The Labute approximate surface area is 181 Å². The predicted octanol–water partition coefficient (Wildman–Crippen LogP) is 4.13. The lowest BCUT2D eigenvalue weighted by Gasteiger charge is -2.30. The molecule has 3 heterocycles. The van der Waals surface area contributed by atoms with Gasteiger partial charge in [-0.3, -0.25) is 9.78 Å². The van der Waals surface area contributed by atoms with Gasteiger partial charge in [0, 0.05) is 31.5 Å². The van der Waals surface area contributed by atoms with E-state index in [1.54, 1.807) is 6.20 Å². The monoisotopic (exact) mass is 442 g/mol. The van der Waals surface area contributed by atoms with Gasteiger partial charge < -0.3 is 10.2 Å². The number of benzene rings is 1. The molecule has 3 aromatic rings. The molecule has 1 amide bonds. The first-order valence-corrected chi connectivity index (χ1v) is 9.79. The summed E-state index contributed by atoms with van der Waals surface area (Å²) in [5, 5.41) is 2.80. The molecular weight excluding hydrogens is 426 g/mol. The van der Waals surface area contributed by atoms with Gasteiger partial charge in [-0.2, -0.15) is 0 Å². The molecule has 7 nitrogen and oxygen atoms in total. The zero-order valence-electron chi connectivity index (χ0n) is 16.4. The highest BCUT2D eigenvalue weighted by molar-refractivity contribution is 6.31. The fourth-order valence-corrected chi connectivity index (χ4v) is 3.50. The largest absolute Gasteiger partial charge is 0.349 e. The first-order chi connectivity index (χ1) is 14.9. The van der Waals surface area contributed by atoms with Gasteiger partial charge in [-0.15, -0.1) is 0 Å². The molecule has 0 aliphatic carbocycles. The molecule has 1 N–H and O–H groups in total. The summed E-state index contributed by atoms with van der Waals surface area (Å²) in [6.45, 7) is 3.31. The molecule has 0 bridgehead atoms. The molecule has 1 aliphatic rings. The van der Waals surface area contributed by atoms with Gasteiger partial charge in [0.05, 0.1) is 23.7 Å². The van der Waals surface area contributed by atoms with Gasteiger partial charge in [0.2, 0.25) is 0 Å². The van der Waals surface area contributed by atoms with Crippen LogP contribution in [0.1, 0.15) is 29.4 Å². The van der Waals surface area contributed by atoms with Gasteiger partial charge in [-0.1, -0.05) is 17.2 Å². The van der Waals surface area contributed by atoms with E-state index in [0.29, 0.717) is 29.3 Å². The van der Waals surface area contributed by atoms with Crippen molar-refractivity contribution < 1.29 is 13.6 Å². The number of hydrogen-bond acceptors (Lipinski definition) is 6. The van der Waals surface area contributed by atoms with E-state index in [1.165, 1.54) is 18.6 Å². The van der Waals surface area contributed by atoms with Crippen LogP contribution in [-0.2, 0) is 0 Å². The lowest BCUT2D eigenvalue weighted by molar-refractivity contribution is 0.102. The Hall–Kier alpha value is -3.46. The van der Waals surface area contributed by atoms with Gasteiger partial charge in [-0.05, 0) is 31.1 Å². The molecule has 0 radical (unpaired) electrons. The molecule has 31 heavy (non-hydrogen) atoms. The molecule has 0 atom stereocenters. The molecule has 0 unspecified atom stereocenters. The van der Waals surface area contributed by atoms with Crippen LogP contribution in [0.5, 0.6) is 0 Å². The highest BCUT2D eigenvalue weighted by Gasteiger charge is 2.22. The van der Waals surface area contributed by atoms with Crippen LogP contribution in [0.15, 0.2) is 48.6 Å². The Morgan fingerprint density at radius 1 is 1.13 bits per heavy atom. The average molecular weight is 443 g/mol. The van der Waals surface area contributed by atoms with E-state index in [4.69, 9.17) is 11.6 Å². The van der Waals surface area contributed by atoms with Crippen LogP contribution in [-0.4, -0.2) is 38.9 Å². The molecule has 10 heteroatoms. The normalized spacial score (nSPS) is 14.0. The minimum absolute atomic E-state index is 0.153. The van der Waals surface area contributed by atoms with Gasteiger partial charge in [0.25, 0.3) is 5.91 Å². The summed E-state index contributed by atoms with van der Waals surface area (Å²) < 4.78 is 26.8. The zero-order valence-corrected chi connectivity index (χ0v) is 17.2. The molecule has 158 valence electrons. The Balaban J connectivity index is 1.50. The molecular formula is C21H17ClF2N6O. The third-order valence-electron chi connectivity index (χ3n) is 4.93. The van der Waals surface area contributed by atoms with Crippen LogP contribution >= 0.6 is 11.6 Å². The van der Waals surface area contributed by atoms with Crippen LogP contribution in [0.3, 0.4) is 0 Å². The number of nitrogens with zero attached hydrogens (tertiary/aromatic N) is 5. The lowest BCUT2D eigenvalue weighted by Crippen LogP contribution is -2.32. The number of aromatic nitrogens is 4. The van der Waals surface area contributed by atoms with Crippen molar-refractivity contribution in [3.8, 4) is 0 Å². The van der Waals surface area contributed by atoms with Crippen LogP contribution in [0.25, 0.3) is 5.57 Å². The van der Waals surface area contributed by atoms with E-state index < -0.39 is 17.5 Å². The second-order valence-corrected chi connectivity index (χ2v) is 7.32. The second kappa shape index (κ2) is 8.73. The number of rotatable bonds is 4. The Kier molecular flexibility index (Phi) is 5.85. The summed E-state index contributed by atoms with van der Waals surface area (Å²) in [7, 11) is 0. The fraction of sp³-hybridized carbons (Fsp3) is 0.190. The Bertz CT molecular complexity index is 1170. The molecule has 0 saturated heterocycles. The maximum Gasteiger partial charge on any atom is 0.259 e. The van der Waals surface area contributed by atoms with Crippen molar-refractivity contribution in [3.05, 3.63) is 76.6 Å². The maximum atomic E-state index is 13.8. The van der Waals surface area contributed by atoms with E-state index in [1.807, 2.05) is 11.8 Å². The van der Waals surface area contributed by atoms with E-state index in [0.717, 1.165) is 36.2 Å². The molecule has 2 aromatic heterocycles. The number of anilines is 2. The molecule has 1 aliphatic heterocycles. The number of hydrogen-bond donors (Lipinski definition) is 1. The van der Waals surface area contributed by atoms with Crippen molar-refractivity contribution in [2.75, 3.05) is 23.3 Å². The smallest absolute Gasteiger partial charge is 0.259 e.